The van der Waals surface area contributed by atoms with Crippen LogP contribution in [0, 0.1) is 5.82 Å². The number of rotatable bonds is 5. The number of hydrogen-bond acceptors (Lipinski definition) is 6. The van der Waals surface area contributed by atoms with E-state index >= 15 is 0 Å². The van der Waals surface area contributed by atoms with Crippen molar-refractivity contribution < 1.29 is 13.9 Å². The zero-order valence-corrected chi connectivity index (χ0v) is 18.4. The zero-order valence-electron chi connectivity index (χ0n) is 18.4. The van der Waals surface area contributed by atoms with Gasteiger partial charge in [0.15, 0.2) is 5.84 Å². The van der Waals surface area contributed by atoms with Crippen LogP contribution in [-0.2, 0) is 4.74 Å². The van der Waals surface area contributed by atoms with Gasteiger partial charge in [-0.3, -0.25) is 5.43 Å². The lowest BCUT2D eigenvalue weighted by atomic mass is 10.00. The Bertz CT molecular complexity index is 1180. The van der Waals surface area contributed by atoms with E-state index in [-0.39, 0.29) is 5.82 Å². The highest BCUT2D eigenvalue weighted by Gasteiger charge is 2.19. The lowest BCUT2D eigenvalue weighted by Gasteiger charge is -2.29. The molecule has 0 aliphatic carbocycles. The Balaban J connectivity index is 1.48. The van der Waals surface area contributed by atoms with Crippen LogP contribution in [0.15, 0.2) is 76.8 Å². The molecule has 33 heavy (non-hydrogen) atoms. The van der Waals surface area contributed by atoms with Crippen LogP contribution in [-0.4, -0.2) is 44.5 Å². The number of morpholine rings is 1. The molecule has 3 aromatic rings. The number of hydrogen-bond donors (Lipinski definition) is 1. The van der Waals surface area contributed by atoms with E-state index in [2.05, 4.69) is 27.6 Å². The minimum Gasteiger partial charge on any atom is -0.494 e. The van der Waals surface area contributed by atoms with Crippen molar-refractivity contribution in [2.75, 3.05) is 37.8 Å². The molecule has 2 aliphatic heterocycles. The monoisotopic (exact) mass is 444 g/mol. The third-order valence-electron chi connectivity index (χ3n) is 5.68. The van der Waals surface area contributed by atoms with Crippen LogP contribution in [0.4, 0.5) is 15.8 Å². The largest absolute Gasteiger partial charge is 0.494 e. The van der Waals surface area contributed by atoms with E-state index in [1.165, 1.54) is 12.1 Å². The molecule has 0 amide bonds. The minimum absolute atomic E-state index is 0.328. The Morgan fingerprint density at radius 1 is 0.970 bits per heavy atom. The van der Waals surface area contributed by atoms with Crippen molar-refractivity contribution in [2.45, 2.75) is 6.92 Å². The summed E-state index contributed by atoms with van der Waals surface area (Å²) < 4.78 is 25.2. The summed E-state index contributed by atoms with van der Waals surface area (Å²) in [7, 11) is 0. The summed E-state index contributed by atoms with van der Waals surface area (Å²) >= 11 is 0. The number of amidine groups is 1. The van der Waals surface area contributed by atoms with Crippen LogP contribution in [0.2, 0.25) is 0 Å². The van der Waals surface area contributed by atoms with E-state index < -0.39 is 0 Å². The van der Waals surface area contributed by atoms with Gasteiger partial charge in [-0.05, 0) is 61.5 Å². The Morgan fingerprint density at radius 2 is 1.70 bits per heavy atom. The highest BCUT2D eigenvalue weighted by molar-refractivity contribution is 6.18. The summed E-state index contributed by atoms with van der Waals surface area (Å²) in [4.78, 5) is 7.05. The van der Waals surface area contributed by atoms with Gasteiger partial charge in [0, 0.05) is 35.5 Å². The van der Waals surface area contributed by atoms with E-state index in [1.807, 2.05) is 43.3 Å². The number of anilines is 1. The van der Waals surface area contributed by atoms with Crippen LogP contribution in [0.25, 0.3) is 0 Å². The molecule has 0 saturated carbocycles. The van der Waals surface area contributed by atoms with Gasteiger partial charge in [0.25, 0.3) is 0 Å². The topological polar surface area (TPSA) is 58.5 Å². The molecular weight excluding hydrogens is 419 g/mol. The predicted octanol–water partition coefficient (Wildman–Crippen LogP) is 4.49. The quantitative estimate of drug-likeness (QED) is 0.630. The molecule has 2 heterocycles. The van der Waals surface area contributed by atoms with E-state index in [0.717, 1.165) is 48.9 Å². The molecule has 168 valence electrons. The van der Waals surface area contributed by atoms with Gasteiger partial charge in [-0.1, -0.05) is 12.1 Å². The Kier molecular flexibility index (Phi) is 6.04. The van der Waals surface area contributed by atoms with Crippen molar-refractivity contribution in [1.82, 2.24) is 5.43 Å². The Hall–Kier alpha value is -3.71. The summed E-state index contributed by atoms with van der Waals surface area (Å²) in [6, 6.07) is 20.4. The lowest BCUT2D eigenvalue weighted by molar-refractivity contribution is 0.122. The second kappa shape index (κ2) is 9.42. The van der Waals surface area contributed by atoms with Crippen LogP contribution < -0.4 is 15.1 Å². The molecule has 0 bridgehead atoms. The molecule has 0 spiro atoms. The summed E-state index contributed by atoms with van der Waals surface area (Å²) in [5, 5.41) is 4.64. The second-order valence-electron chi connectivity index (χ2n) is 7.80. The van der Waals surface area contributed by atoms with E-state index in [1.54, 1.807) is 6.07 Å². The third kappa shape index (κ3) is 4.59. The van der Waals surface area contributed by atoms with Crippen molar-refractivity contribution in [3.63, 3.8) is 0 Å². The maximum absolute atomic E-state index is 14.2. The van der Waals surface area contributed by atoms with E-state index in [9.17, 15) is 4.39 Å². The van der Waals surface area contributed by atoms with Crippen molar-refractivity contribution in [1.29, 1.82) is 0 Å². The molecule has 7 heteroatoms. The summed E-state index contributed by atoms with van der Waals surface area (Å²) in [6.07, 6.45) is 0. The molecule has 1 fully saturated rings. The standard InChI is InChI=1S/C26H25FN4O2/c1-2-33-22-10-5-19(6-11-22)26-28-24-12-7-20(27)17-23(24)25(29-30-26)18-3-8-21(9-4-18)31-13-15-32-16-14-31/h3-12,17H,2,13-16H2,1H3,(H,28,30). The molecular formula is C26H25FN4O2. The Morgan fingerprint density at radius 3 is 2.42 bits per heavy atom. The molecule has 1 saturated heterocycles. The number of nitrogens with one attached hydrogen (secondary N) is 1. The van der Waals surface area contributed by atoms with Gasteiger partial charge in [-0.2, -0.15) is 5.10 Å². The van der Waals surface area contributed by atoms with Crippen LogP contribution >= 0.6 is 0 Å². The second-order valence-corrected chi connectivity index (χ2v) is 7.80. The van der Waals surface area contributed by atoms with Gasteiger partial charge in [0.1, 0.15) is 17.3 Å². The van der Waals surface area contributed by atoms with Gasteiger partial charge in [-0.25, -0.2) is 9.38 Å². The third-order valence-corrected chi connectivity index (χ3v) is 5.68. The van der Waals surface area contributed by atoms with Crippen LogP contribution in [0.3, 0.4) is 0 Å². The molecule has 6 nitrogen and oxygen atoms in total. The minimum atomic E-state index is -0.328. The first-order valence-electron chi connectivity index (χ1n) is 11.1. The van der Waals surface area contributed by atoms with Crippen molar-refractivity contribution >= 4 is 22.9 Å². The number of hydrazone groups is 1. The number of ether oxygens (including phenoxy) is 2. The maximum atomic E-state index is 14.2. The number of benzene rings is 3. The SMILES string of the molecule is CCOc1ccc(C2=Nc3ccc(F)cc3C(c3ccc(N4CCOCC4)cc3)=NN2)cc1. The maximum Gasteiger partial charge on any atom is 0.154 e. The Labute approximate surface area is 192 Å². The van der Waals surface area contributed by atoms with E-state index in [0.29, 0.717) is 29.4 Å². The molecule has 5 rings (SSSR count). The van der Waals surface area contributed by atoms with E-state index in [4.69, 9.17) is 14.5 Å². The zero-order chi connectivity index (χ0) is 22.6. The molecule has 0 unspecified atom stereocenters. The van der Waals surface area contributed by atoms with Crippen molar-refractivity contribution in [3.05, 3.63) is 89.2 Å². The van der Waals surface area contributed by atoms with Crippen LogP contribution in [0.1, 0.15) is 23.6 Å². The summed E-state index contributed by atoms with van der Waals surface area (Å²) in [5.41, 5.74) is 7.91. The van der Waals surface area contributed by atoms with Crippen LogP contribution in [0.5, 0.6) is 5.75 Å². The molecule has 2 aliphatic rings. The first-order valence-corrected chi connectivity index (χ1v) is 11.1. The highest BCUT2D eigenvalue weighted by atomic mass is 19.1. The molecule has 0 radical (unpaired) electrons. The van der Waals surface area contributed by atoms with Gasteiger partial charge < -0.3 is 14.4 Å². The smallest absolute Gasteiger partial charge is 0.154 e. The fourth-order valence-corrected chi connectivity index (χ4v) is 3.99. The predicted molar refractivity (Wildman–Crippen MR) is 128 cm³/mol. The molecule has 1 N–H and O–H groups in total. The average Bonchev–Trinajstić information content (AvgIpc) is 3.05. The first-order chi connectivity index (χ1) is 16.2. The first kappa shape index (κ1) is 21.2. The molecule has 0 atom stereocenters. The molecule has 3 aromatic carbocycles. The number of aliphatic imine (C=N–C) groups is 1. The summed E-state index contributed by atoms with van der Waals surface area (Å²) in [6.45, 7) is 5.76. The van der Waals surface area contributed by atoms with Gasteiger partial charge in [-0.15, -0.1) is 0 Å². The normalized spacial score (nSPS) is 15.6. The molecule has 0 aromatic heterocycles. The van der Waals surface area contributed by atoms with Gasteiger partial charge >= 0.3 is 0 Å². The van der Waals surface area contributed by atoms with Gasteiger partial charge in [0.05, 0.1) is 25.5 Å². The highest BCUT2D eigenvalue weighted by Crippen LogP contribution is 2.28. The van der Waals surface area contributed by atoms with Gasteiger partial charge in [0.2, 0.25) is 0 Å². The van der Waals surface area contributed by atoms with Crippen molar-refractivity contribution in [2.24, 2.45) is 10.1 Å². The number of halogens is 1. The lowest BCUT2D eigenvalue weighted by Crippen LogP contribution is -2.36. The van der Waals surface area contributed by atoms with Crippen molar-refractivity contribution in [3.8, 4) is 5.75 Å². The average molecular weight is 445 g/mol. The fourth-order valence-electron chi connectivity index (χ4n) is 3.99. The number of fused-ring (bicyclic) bond motifs is 1. The summed E-state index contributed by atoms with van der Waals surface area (Å²) in [5.74, 6) is 1.06. The number of nitrogens with zero attached hydrogens (tertiary/aromatic N) is 3. The fraction of sp³-hybridized carbons (Fsp3) is 0.231.